The van der Waals surface area contributed by atoms with E-state index in [1.165, 1.54) is 5.56 Å². The highest BCUT2D eigenvalue weighted by Crippen LogP contribution is 2.24. The molecule has 0 saturated heterocycles. The van der Waals surface area contributed by atoms with E-state index in [4.69, 9.17) is 5.26 Å². The van der Waals surface area contributed by atoms with E-state index in [2.05, 4.69) is 23.2 Å². The molecule has 0 saturated carbocycles. The summed E-state index contributed by atoms with van der Waals surface area (Å²) >= 11 is 1.64. The van der Waals surface area contributed by atoms with Gasteiger partial charge < -0.3 is 0 Å². The molecule has 1 heterocycles. The topological polar surface area (TPSA) is 36.7 Å². The third-order valence-electron chi connectivity index (χ3n) is 2.11. The molecule has 0 aliphatic rings. The van der Waals surface area contributed by atoms with Crippen LogP contribution in [0, 0.1) is 11.3 Å². The summed E-state index contributed by atoms with van der Waals surface area (Å²) in [6.07, 6.45) is 1.64. The van der Waals surface area contributed by atoms with Crippen LogP contribution in [-0.2, 0) is 5.75 Å². The molecule has 2 nitrogen and oxygen atoms in total. The molecule has 16 heavy (non-hydrogen) atoms. The highest BCUT2D eigenvalue weighted by atomic mass is 32.2. The van der Waals surface area contributed by atoms with E-state index in [1.807, 2.05) is 30.3 Å². The third-order valence-corrected chi connectivity index (χ3v) is 3.23. The number of rotatable bonds is 3. The van der Waals surface area contributed by atoms with E-state index >= 15 is 0 Å². The number of nitrogens with zero attached hydrogens (tertiary/aromatic N) is 2. The Hall–Kier alpha value is -1.79. The maximum atomic E-state index is 8.89. The molecule has 0 aliphatic carbocycles. The Balaban J connectivity index is 2.09. The average Bonchev–Trinajstić information content (AvgIpc) is 2.38. The molecule has 0 atom stereocenters. The second kappa shape index (κ2) is 5.34. The number of nitriles is 1. The predicted octanol–water partition coefficient (Wildman–Crippen LogP) is 3.25. The lowest BCUT2D eigenvalue weighted by Gasteiger charge is -2.02. The first-order valence-electron chi connectivity index (χ1n) is 4.92. The molecule has 0 aliphatic heterocycles. The van der Waals surface area contributed by atoms with Crippen molar-refractivity contribution in [3.8, 4) is 6.07 Å². The minimum absolute atomic E-state index is 0.503. The van der Waals surface area contributed by atoms with Crippen molar-refractivity contribution < 1.29 is 0 Å². The fraction of sp³-hybridized carbons (Fsp3) is 0.0769. The van der Waals surface area contributed by atoms with Crippen LogP contribution in [0.3, 0.4) is 0 Å². The van der Waals surface area contributed by atoms with E-state index in [0.29, 0.717) is 5.69 Å². The van der Waals surface area contributed by atoms with Crippen molar-refractivity contribution >= 4 is 11.8 Å². The van der Waals surface area contributed by atoms with E-state index in [0.717, 1.165) is 10.6 Å². The quantitative estimate of drug-likeness (QED) is 0.754. The van der Waals surface area contributed by atoms with Crippen LogP contribution in [0.5, 0.6) is 0 Å². The van der Waals surface area contributed by atoms with Crippen molar-refractivity contribution in [3.05, 3.63) is 59.9 Å². The van der Waals surface area contributed by atoms with E-state index < -0.39 is 0 Å². The standard InChI is InChI=1S/C13H10N2S/c14-9-12-13(7-4-8-15-12)16-10-11-5-2-1-3-6-11/h1-8H,10H2. The van der Waals surface area contributed by atoms with Gasteiger partial charge in [0.2, 0.25) is 0 Å². The van der Waals surface area contributed by atoms with Crippen LogP contribution in [0.1, 0.15) is 11.3 Å². The Bertz CT molecular complexity index is 503. The van der Waals surface area contributed by atoms with Crippen LogP contribution in [0.2, 0.25) is 0 Å². The molecule has 0 amide bonds. The van der Waals surface area contributed by atoms with Crippen molar-refractivity contribution in [2.45, 2.75) is 10.6 Å². The van der Waals surface area contributed by atoms with Crippen LogP contribution in [0.15, 0.2) is 53.6 Å². The molecule has 1 aromatic carbocycles. The van der Waals surface area contributed by atoms with Crippen LogP contribution in [0.25, 0.3) is 0 Å². The zero-order valence-electron chi connectivity index (χ0n) is 8.63. The zero-order valence-corrected chi connectivity index (χ0v) is 9.45. The number of hydrogen-bond donors (Lipinski definition) is 0. The van der Waals surface area contributed by atoms with Gasteiger partial charge >= 0.3 is 0 Å². The SMILES string of the molecule is N#Cc1ncccc1SCc1ccccc1. The van der Waals surface area contributed by atoms with Crippen LogP contribution < -0.4 is 0 Å². The Morgan fingerprint density at radius 1 is 1.12 bits per heavy atom. The highest BCUT2D eigenvalue weighted by molar-refractivity contribution is 7.98. The molecule has 0 bridgehead atoms. The molecule has 0 N–H and O–H groups in total. The summed E-state index contributed by atoms with van der Waals surface area (Å²) in [4.78, 5) is 4.97. The number of aromatic nitrogens is 1. The Morgan fingerprint density at radius 2 is 1.94 bits per heavy atom. The van der Waals surface area contributed by atoms with Crippen molar-refractivity contribution in [1.82, 2.24) is 4.98 Å². The number of thioether (sulfide) groups is 1. The molecule has 0 fully saturated rings. The third kappa shape index (κ3) is 2.62. The van der Waals surface area contributed by atoms with E-state index in [1.54, 1.807) is 18.0 Å². The molecule has 2 rings (SSSR count). The second-order valence-corrected chi connectivity index (χ2v) is 4.25. The lowest BCUT2D eigenvalue weighted by molar-refractivity contribution is 1.17. The van der Waals surface area contributed by atoms with Gasteiger partial charge in [-0.25, -0.2) is 4.98 Å². The first kappa shape index (κ1) is 10.7. The van der Waals surface area contributed by atoms with Gasteiger partial charge in [0.1, 0.15) is 6.07 Å². The summed E-state index contributed by atoms with van der Waals surface area (Å²) in [5.74, 6) is 0.862. The normalized spacial score (nSPS) is 9.69. The molecule has 3 heteroatoms. The van der Waals surface area contributed by atoms with Gasteiger partial charge in [-0.2, -0.15) is 5.26 Å². The Labute approximate surface area is 99.0 Å². The largest absolute Gasteiger partial charge is 0.244 e. The summed E-state index contributed by atoms with van der Waals surface area (Å²) in [6.45, 7) is 0. The van der Waals surface area contributed by atoms with Gasteiger partial charge in [0.25, 0.3) is 0 Å². The molecule has 0 unspecified atom stereocenters. The van der Waals surface area contributed by atoms with Gasteiger partial charge in [0.05, 0.1) is 0 Å². The molecule has 0 radical (unpaired) electrons. The van der Waals surface area contributed by atoms with Gasteiger partial charge in [0, 0.05) is 16.8 Å². The Kier molecular flexibility index (Phi) is 3.58. The minimum Gasteiger partial charge on any atom is -0.244 e. The molecule has 0 spiro atoms. The number of pyridine rings is 1. The molecular formula is C13H10N2S. The lowest BCUT2D eigenvalue weighted by Crippen LogP contribution is -1.86. The van der Waals surface area contributed by atoms with Crippen LogP contribution >= 0.6 is 11.8 Å². The molecule has 78 valence electrons. The fourth-order valence-corrected chi connectivity index (χ4v) is 2.25. The number of hydrogen-bond acceptors (Lipinski definition) is 3. The summed E-state index contributed by atoms with van der Waals surface area (Å²) in [5, 5.41) is 8.89. The van der Waals surface area contributed by atoms with Gasteiger partial charge in [-0.1, -0.05) is 30.3 Å². The van der Waals surface area contributed by atoms with Crippen LogP contribution in [0.4, 0.5) is 0 Å². The predicted molar refractivity (Wildman–Crippen MR) is 65.0 cm³/mol. The Morgan fingerprint density at radius 3 is 2.69 bits per heavy atom. The average molecular weight is 226 g/mol. The van der Waals surface area contributed by atoms with E-state index in [9.17, 15) is 0 Å². The molecule has 2 aromatic rings. The van der Waals surface area contributed by atoms with Crippen molar-refractivity contribution in [3.63, 3.8) is 0 Å². The fourth-order valence-electron chi connectivity index (χ4n) is 1.33. The van der Waals surface area contributed by atoms with Gasteiger partial charge in [-0.05, 0) is 17.7 Å². The summed E-state index contributed by atoms with van der Waals surface area (Å²) in [7, 11) is 0. The van der Waals surface area contributed by atoms with Gasteiger partial charge in [-0.3, -0.25) is 0 Å². The summed E-state index contributed by atoms with van der Waals surface area (Å²) in [6, 6.07) is 16.1. The smallest absolute Gasteiger partial charge is 0.153 e. The maximum absolute atomic E-state index is 8.89. The molecule has 1 aromatic heterocycles. The summed E-state index contributed by atoms with van der Waals surface area (Å²) in [5.41, 5.74) is 1.75. The van der Waals surface area contributed by atoms with Crippen molar-refractivity contribution in [2.24, 2.45) is 0 Å². The number of benzene rings is 1. The minimum atomic E-state index is 0.503. The van der Waals surface area contributed by atoms with Crippen molar-refractivity contribution in [1.29, 1.82) is 5.26 Å². The summed E-state index contributed by atoms with van der Waals surface area (Å²) < 4.78 is 0. The van der Waals surface area contributed by atoms with E-state index in [-0.39, 0.29) is 0 Å². The monoisotopic (exact) mass is 226 g/mol. The van der Waals surface area contributed by atoms with Gasteiger partial charge in [-0.15, -0.1) is 11.8 Å². The first-order valence-corrected chi connectivity index (χ1v) is 5.90. The molecular weight excluding hydrogens is 216 g/mol. The lowest BCUT2D eigenvalue weighted by atomic mass is 10.2. The first-order chi connectivity index (χ1) is 7.90. The highest BCUT2D eigenvalue weighted by Gasteiger charge is 2.02. The van der Waals surface area contributed by atoms with Crippen molar-refractivity contribution in [2.75, 3.05) is 0 Å². The van der Waals surface area contributed by atoms with Crippen LogP contribution in [-0.4, -0.2) is 4.98 Å². The maximum Gasteiger partial charge on any atom is 0.153 e. The van der Waals surface area contributed by atoms with Gasteiger partial charge in [0.15, 0.2) is 5.69 Å². The second-order valence-electron chi connectivity index (χ2n) is 3.24. The zero-order chi connectivity index (χ0) is 11.2.